The van der Waals surface area contributed by atoms with Gasteiger partial charge in [0.2, 0.25) is 0 Å². The summed E-state index contributed by atoms with van der Waals surface area (Å²) in [6.45, 7) is 17.5. The lowest BCUT2D eigenvalue weighted by molar-refractivity contribution is 0.147. The van der Waals surface area contributed by atoms with E-state index in [9.17, 15) is 13.2 Å². The van der Waals surface area contributed by atoms with Crippen LogP contribution >= 0.6 is 11.6 Å². The lowest BCUT2D eigenvalue weighted by atomic mass is 10.2. The maximum Gasteiger partial charge on any atom is 0.130 e. The van der Waals surface area contributed by atoms with Gasteiger partial charge in [-0.1, -0.05) is 51.4 Å². The maximum absolute atomic E-state index is 13.4. The lowest BCUT2D eigenvalue weighted by Gasteiger charge is -2.32. The molecule has 0 atom stereocenters. The largest absolute Gasteiger partial charge is 0.304 e. The molecule has 2 aliphatic heterocycles. The molecular formula is C28H44ClF3N4. The number of nitrogens with zero attached hydrogens (tertiary/aromatic N) is 4. The zero-order valence-electron chi connectivity index (χ0n) is 22.8. The van der Waals surface area contributed by atoms with Crippen LogP contribution in [0.15, 0.2) is 36.4 Å². The molecule has 2 heterocycles. The number of benzene rings is 2. The molecule has 0 bridgehead atoms. The van der Waals surface area contributed by atoms with Crippen molar-refractivity contribution >= 4 is 11.6 Å². The van der Waals surface area contributed by atoms with Crippen molar-refractivity contribution in [2.75, 3.05) is 66.5 Å². The third-order valence-electron chi connectivity index (χ3n) is 6.01. The Morgan fingerprint density at radius 1 is 0.611 bits per heavy atom. The van der Waals surface area contributed by atoms with Crippen LogP contribution in [0.1, 0.15) is 38.8 Å². The van der Waals surface area contributed by atoms with Gasteiger partial charge < -0.3 is 9.80 Å². The van der Waals surface area contributed by atoms with Crippen LogP contribution in [-0.4, -0.2) is 86.1 Å². The Morgan fingerprint density at radius 3 is 1.42 bits per heavy atom. The van der Waals surface area contributed by atoms with Crippen molar-refractivity contribution in [3.05, 3.63) is 70.0 Å². The zero-order valence-corrected chi connectivity index (χ0v) is 23.6. The van der Waals surface area contributed by atoms with E-state index >= 15 is 0 Å². The highest BCUT2D eigenvalue weighted by Gasteiger charge is 2.16. The topological polar surface area (TPSA) is 13.0 Å². The molecule has 0 N–H and O–H groups in total. The van der Waals surface area contributed by atoms with Crippen LogP contribution in [-0.2, 0) is 13.1 Å². The fourth-order valence-electron chi connectivity index (χ4n) is 3.79. The van der Waals surface area contributed by atoms with E-state index in [4.69, 9.17) is 11.6 Å². The number of likely N-dealkylation sites (N-methyl/N-ethyl adjacent to an activating group) is 2. The third kappa shape index (κ3) is 11.6. The highest BCUT2D eigenvalue weighted by molar-refractivity contribution is 6.31. The molecule has 4 rings (SSSR count). The summed E-state index contributed by atoms with van der Waals surface area (Å²) >= 11 is 6.00. The fraction of sp³-hybridized carbons (Fsp3) is 0.571. The number of halogens is 4. The van der Waals surface area contributed by atoms with Crippen molar-refractivity contribution < 1.29 is 13.2 Å². The predicted octanol–water partition coefficient (Wildman–Crippen LogP) is 5.99. The Labute approximate surface area is 221 Å². The van der Waals surface area contributed by atoms with E-state index in [0.717, 1.165) is 70.5 Å². The van der Waals surface area contributed by atoms with Gasteiger partial charge in [0, 0.05) is 82.1 Å². The van der Waals surface area contributed by atoms with E-state index in [0.29, 0.717) is 17.1 Å². The van der Waals surface area contributed by atoms with Gasteiger partial charge in [0.1, 0.15) is 17.5 Å². The average molecular weight is 529 g/mol. The van der Waals surface area contributed by atoms with E-state index in [1.807, 2.05) is 27.7 Å². The summed E-state index contributed by atoms with van der Waals surface area (Å²) in [7, 11) is 4.21. The summed E-state index contributed by atoms with van der Waals surface area (Å²) in [5.41, 5.74) is 1.58. The van der Waals surface area contributed by atoms with E-state index < -0.39 is 11.6 Å². The Kier molecular flexibility index (Phi) is 16.0. The van der Waals surface area contributed by atoms with Crippen LogP contribution in [0.2, 0.25) is 5.02 Å². The maximum atomic E-state index is 13.4. The summed E-state index contributed by atoms with van der Waals surface area (Å²) in [5, 5.41) is 0.527. The molecule has 0 aromatic heterocycles. The van der Waals surface area contributed by atoms with Gasteiger partial charge in [0.05, 0.1) is 0 Å². The van der Waals surface area contributed by atoms with Gasteiger partial charge in [-0.3, -0.25) is 9.80 Å². The first kappa shape index (κ1) is 32.4. The monoisotopic (exact) mass is 528 g/mol. The van der Waals surface area contributed by atoms with Gasteiger partial charge in [0.15, 0.2) is 0 Å². The second-order valence-corrected chi connectivity index (χ2v) is 9.04. The normalized spacial score (nSPS) is 17.2. The third-order valence-corrected chi connectivity index (χ3v) is 6.36. The summed E-state index contributed by atoms with van der Waals surface area (Å²) in [4.78, 5) is 9.09. The van der Waals surface area contributed by atoms with Gasteiger partial charge in [-0.2, -0.15) is 0 Å². The Bertz CT molecular complexity index is 796. The molecule has 36 heavy (non-hydrogen) atoms. The summed E-state index contributed by atoms with van der Waals surface area (Å²) in [6, 6.07) is 8.42. The minimum atomic E-state index is -0.514. The molecule has 0 radical (unpaired) electrons. The van der Waals surface area contributed by atoms with E-state index in [1.165, 1.54) is 24.3 Å². The Balaban J connectivity index is 0.000000317. The quantitative estimate of drug-likeness (QED) is 0.483. The molecule has 2 aliphatic rings. The van der Waals surface area contributed by atoms with Crippen molar-refractivity contribution in [3.63, 3.8) is 0 Å². The first-order valence-electron chi connectivity index (χ1n) is 13.0. The molecule has 0 amide bonds. The second kappa shape index (κ2) is 17.8. The van der Waals surface area contributed by atoms with Crippen LogP contribution in [0, 0.1) is 17.5 Å². The molecule has 2 aromatic carbocycles. The number of piperazine rings is 2. The van der Waals surface area contributed by atoms with Crippen LogP contribution in [0.4, 0.5) is 13.2 Å². The Morgan fingerprint density at radius 2 is 1.00 bits per heavy atom. The van der Waals surface area contributed by atoms with Gasteiger partial charge in [-0.05, 0) is 37.9 Å². The second-order valence-electron chi connectivity index (χ2n) is 8.63. The fourth-order valence-corrected chi connectivity index (χ4v) is 4.02. The molecule has 0 aliphatic carbocycles. The summed E-state index contributed by atoms with van der Waals surface area (Å²) in [6.07, 6.45) is 0. The van der Waals surface area contributed by atoms with Gasteiger partial charge in [0.25, 0.3) is 0 Å². The molecule has 0 saturated carbocycles. The van der Waals surface area contributed by atoms with Crippen LogP contribution in [0.3, 0.4) is 0 Å². The van der Waals surface area contributed by atoms with Crippen LogP contribution in [0.25, 0.3) is 0 Å². The van der Waals surface area contributed by atoms with E-state index in [-0.39, 0.29) is 5.82 Å². The highest BCUT2D eigenvalue weighted by Crippen LogP contribution is 2.19. The molecule has 204 valence electrons. The minimum Gasteiger partial charge on any atom is -0.304 e. The molecule has 8 heteroatoms. The predicted molar refractivity (Wildman–Crippen MR) is 146 cm³/mol. The average Bonchev–Trinajstić information content (AvgIpc) is 2.88. The molecule has 0 spiro atoms. The number of rotatable bonds is 4. The minimum absolute atomic E-state index is 0.271. The van der Waals surface area contributed by atoms with Gasteiger partial charge >= 0.3 is 0 Å². The van der Waals surface area contributed by atoms with Crippen molar-refractivity contribution in [3.8, 4) is 0 Å². The zero-order chi connectivity index (χ0) is 27.1. The van der Waals surface area contributed by atoms with Crippen molar-refractivity contribution in [2.45, 2.75) is 40.8 Å². The van der Waals surface area contributed by atoms with Crippen LogP contribution in [0.5, 0.6) is 0 Å². The molecular weight excluding hydrogens is 485 g/mol. The standard InChI is InChI=1S/C12H16ClFN2.C12H16F2N2.2C2H6/c1-15-4-6-16(7-5-15)9-10-2-3-11(14)8-12(10)13;1-15-4-6-16(7-5-15)9-10-2-3-11(13)8-12(10)14;2*1-2/h2*2-3,8H,4-7,9H2,1H3;2*1-2H3. The number of hydrogen-bond acceptors (Lipinski definition) is 4. The first-order chi connectivity index (χ1) is 17.3. The summed E-state index contributed by atoms with van der Waals surface area (Å²) < 4.78 is 39.0. The van der Waals surface area contributed by atoms with E-state index in [1.54, 1.807) is 6.07 Å². The van der Waals surface area contributed by atoms with Gasteiger partial charge in [-0.15, -0.1) is 0 Å². The van der Waals surface area contributed by atoms with Crippen LogP contribution < -0.4 is 0 Å². The molecule has 2 aromatic rings. The lowest BCUT2D eigenvalue weighted by Crippen LogP contribution is -2.44. The molecule has 4 nitrogen and oxygen atoms in total. The molecule has 2 saturated heterocycles. The number of hydrogen-bond donors (Lipinski definition) is 0. The van der Waals surface area contributed by atoms with E-state index in [2.05, 4.69) is 33.7 Å². The molecule has 0 unspecified atom stereocenters. The van der Waals surface area contributed by atoms with Crippen molar-refractivity contribution in [2.24, 2.45) is 0 Å². The molecule has 2 fully saturated rings. The highest BCUT2D eigenvalue weighted by atomic mass is 35.5. The smallest absolute Gasteiger partial charge is 0.130 e. The summed E-state index contributed by atoms with van der Waals surface area (Å²) in [5.74, 6) is -1.23. The van der Waals surface area contributed by atoms with Crippen molar-refractivity contribution in [1.82, 2.24) is 19.6 Å². The van der Waals surface area contributed by atoms with Crippen molar-refractivity contribution in [1.29, 1.82) is 0 Å². The van der Waals surface area contributed by atoms with Gasteiger partial charge in [-0.25, -0.2) is 13.2 Å². The SMILES string of the molecule is CC.CC.CN1CCN(Cc2ccc(F)cc2Cl)CC1.CN1CCN(Cc2ccc(F)cc2F)CC1. The Hall–Kier alpha value is -1.64. The first-order valence-corrected chi connectivity index (χ1v) is 13.4.